The fourth-order valence-corrected chi connectivity index (χ4v) is 3.62. The normalized spacial score (nSPS) is 15.3. The van der Waals surface area contributed by atoms with Gasteiger partial charge in [-0.25, -0.2) is 4.68 Å². The average molecular weight is 461 g/mol. The molecule has 1 N–H and O–H groups in total. The second kappa shape index (κ2) is 9.10. The molecule has 1 saturated heterocycles. The molecule has 0 spiro atoms. The second-order valence-corrected chi connectivity index (χ2v) is 7.56. The lowest BCUT2D eigenvalue weighted by Gasteiger charge is -2.29. The highest BCUT2D eigenvalue weighted by Gasteiger charge is 2.31. The van der Waals surface area contributed by atoms with Gasteiger partial charge in [-0.15, -0.1) is 0 Å². The van der Waals surface area contributed by atoms with E-state index in [1.54, 1.807) is 40.9 Å². The van der Waals surface area contributed by atoms with Crippen molar-refractivity contribution in [3.05, 3.63) is 66.1 Å². The van der Waals surface area contributed by atoms with E-state index >= 15 is 0 Å². The number of hydrogen-bond donors (Lipinski definition) is 1. The lowest BCUT2D eigenvalue weighted by Crippen LogP contribution is -2.50. The third-order valence-corrected chi connectivity index (χ3v) is 5.30. The standard InChI is InChI=1S/C22H22F3N5O3/c1-15(21(32)29-9-11-33-12-10-29)27-19(31)18-14-26-30(20(18)28-7-2-3-8-28)17-6-4-5-16(13-17)22(23,24)25/h2-8,13-15H,9-12H2,1H3,(H,27,31). The molecule has 1 fully saturated rings. The molecule has 2 aromatic heterocycles. The summed E-state index contributed by atoms with van der Waals surface area (Å²) in [7, 11) is 0. The van der Waals surface area contributed by atoms with Crippen LogP contribution in [0.2, 0.25) is 0 Å². The van der Waals surface area contributed by atoms with Crippen molar-refractivity contribution in [1.29, 1.82) is 0 Å². The molecule has 2 amide bonds. The van der Waals surface area contributed by atoms with Crippen LogP contribution in [-0.2, 0) is 15.7 Å². The van der Waals surface area contributed by atoms with E-state index in [-0.39, 0.29) is 23.0 Å². The number of rotatable bonds is 5. The van der Waals surface area contributed by atoms with Gasteiger partial charge in [0.25, 0.3) is 5.91 Å². The van der Waals surface area contributed by atoms with Gasteiger partial charge in [-0.05, 0) is 37.3 Å². The zero-order chi connectivity index (χ0) is 23.6. The predicted molar refractivity (Wildman–Crippen MR) is 112 cm³/mol. The van der Waals surface area contributed by atoms with E-state index in [0.717, 1.165) is 12.1 Å². The number of alkyl halides is 3. The van der Waals surface area contributed by atoms with Gasteiger partial charge in [-0.2, -0.15) is 18.3 Å². The molecule has 33 heavy (non-hydrogen) atoms. The molecule has 0 aliphatic carbocycles. The van der Waals surface area contributed by atoms with Crippen LogP contribution < -0.4 is 5.32 Å². The van der Waals surface area contributed by atoms with E-state index in [0.29, 0.717) is 26.3 Å². The summed E-state index contributed by atoms with van der Waals surface area (Å²) in [5.74, 6) is -0.548. The molecular formula is C22H22F3N5O3. The highest BCUT2D eigenvalue weighted by molar-refractivity contribution is 5.99. The molecule has 0 saturated carbocycles. The van der Waals surface area contributed by atoms with E-state index in [4.69, 9.17) is 4.74 Å². The third kappa shape index (κ3) is 4.77. The summed E-state index contributed by atoms with van der Waals surface area (Å²) in [6, 6.07) is 7.32. The molecule has 1 unspecified atom stereocenters. The predicted octanol–water partition coefficient (Wildman–Crippen LogP) is 2.66. The molecule has 8 nitrogen and oxygen atoms in total. The number of nitrogens with zero attached hydrogens (tertiary/aromatic N) is 4. The second-order valence-electron chi connectivity index (χ2n) is 7.56. The van der Waals surface area contributed by atoms with Crippen LogP contribution >= 0.6 is 0 Å². The molecule has 4 rings (SSSR count). The van der Waals surface area contributed by atoms with Crippen molar-refractivity contribution in [1.82, 2.24) is 24.6 Å². The maximum Gasteiger partial charge on any atom is 0.416 e. The number of amides is 2. The van der Waals surface area contributed by atoms with Gasteiger partial charge in [0.1, 0.15) is 11.6 Å². The zero-order valence-electron chi connectivity index (χ0n) is 17.7. The van der Waals surface area contributed by atoms with Crippen LogP contribution in [0.25, 0.3) is 11.5 Å². The van der Waals surface area contributed by atoms with Gasteiger partial charge in [0.15, 0.2) is 5.82 Å². The summed E-state index contributed by atoms with van der Waals surface area (Å²) in [4.78, 5) is 27.4. The quantitative estimate of drug-likeness (QED) is 0.634. The number of carbonyl (C=O) groups excluding carboxylic acids is 2. The number of nitrogens with one attached hydrogen (secondary N) is 1. The maximum absolute atomic E-state index is 13.2. The van der Waals surface area contributed by atoms with Crippen molar-refractivity contribution in [3.8, 4) is 11.5 Å². The summed E-state index contributed by atoms with van der Waals surface area (Å²) >= 11 is 0. The molecule has 0 bridgehead atoms. The smallest absolute Gasteiger partial charge is 0.378 e. The highest BCUT2D eigenvalue weighted by Crippen LogP contribution is 2.31. The van der Waals surface area contributed by atoms with E-state index in [1.165, 1.54) is 23.0 Å². The van der Waals surface area contributed by atoms with Crippen molar-refractivity contribution in [3.63, 3.8) is 0 Å². The Labute approximate surface area is 187 Å². The van der Waals surface area contributed by atoms with Gasteiger partial charge in [0.05, 0.1) is 30.7 Å². The van der Waals surface area contributed by atoms with Gasteiger partial charge >= 0.3 is 6.18 Å². The van der Waals surface area contributed by atoms with Crippen molar-refractivity contribution in [2.75, 3.05) is 26.3 Å². The van der Waals surface area contributed by atoms with Crippen molar-refractivity contribution < 1.29 is 27.5 Å². The highest BCUT2D eigenvalue weighted by atomic mass is 19.4. The summed E-state index contributed by atoms with van der Waals surface area (Å²) in [5, 5.41) is 6.86. The fraction of sp³-hybridized carbons (Fsp3) is 0.318. The molecule has 3 heterocycles. The van der Waals surface area contributed by atoms with Gasteiger partial charge in [-0.1, -0.05) is 6.07 Å². The van der Waals surface area contributed by atoms with Gasteiger partial charge in [0.2, 0.25) is 5.91 Å². The van der Waals surface area contributed by atoms with E-state index < -0.39 is 23.7 Å². The lowest BCUT2D eigenvalue weighted by molar-refractivity contribution is -0.138. The summed E-state index contributed by atoms with van der Waals surface area (Å²) in [6.07, 6.45) is 0.0591. The minimum Gasteiger partial charge on any atom is -0.378 e. The van der Waals surface area contributed by atoms with Gasteiger partial charge < -0.3 is 19.5 Å². The Kier molecular flexibility index (Phi) is 6.23. The van der Waals surface area contributed by atoms with Crippen LogP contribution in [0.15, 0.2) is 55.0 Å². The number of ether oxygens (including phenoxy) is 1. The SMILES string of the molecule is CC(NC(=O)c1cnn(-c2cccc(C(F)(F)F)c2)c1-n1cccc1)C(=O)N1CCOCC1. The van der Waals surface area contributed by atoms with Crippen LogP contribution in [0.4, 0.5) is 13.2 Å². The molecule has 1 aliphatic heterocycles. The first kappa shape index (κ1) is 22.6. The van der Waals surface area contributed by atoms with Crippen molar-refractivity contribution >= 4 is 11.8 Å². The van der Waals surface area contributed by atoms with Crippen molar-refractivity contribution in [2.24, 2.45) is 0 Å². The first-order valence-corrected chi connectivity index (χ1v) is 10.3. The molecule has 1 atom stereocenters. The third-order valence-electron chi connectivity index (χ3n) is 5.30. The maximum atomic E-state index is 13.2. The minimum absolute atomic E-state index is 0.116. The van der Waals surface area contributed by atoms with Gasteiger partial charge in [0, 0.05) is 25.5 Å². The Balaban J connectivity index is 1.65. The first-order chi connectivity index (χ1) is 15.8. The van der Waals surface area contributed by atoms with E-state index in [2.05, 4.69) is 10.4 Å². The van der Waals surface area contributed by atoms with Crippen LogP contribution in [-0.4, -0.2) is 63.4 Å². The number of benzene rings is 1. The van der Waals surface area contributed by atoms with Crippen LogP contribution in [0.5, 0.6) is 0 Å². The molecule has 11 heteroatoms. The van der Waals surface area contributed by atoms with Crippen LogP contribution in [0, 0.1) is 0 Å². The largest absolute Gasteiger partial charge is 0.416 e. The Bertz CT molecular complexity index is 1130. The Morgan fingerprint density at radius 2 is 1.82 bits per heavy atom. The number of aromatic nitrogens is 3. The molecular weight excluding hydrogens is 439 g/mol. The molecule has 174 valence electrons. The van der Waals surface area contributed by atoms with E-state index in [1.807, 2.05) is 0 Å². The molecule has 1 aliphatic rings. The fourth-order valence-electron chi connectivity index (χ4n) is 3.62. The Morgan fingerprint density at radius 3 is 2.48 bits per heavy atom. The monoisotopic (exact) mass is 461 g/mol. The summed E-state index contributed by atoms with van der Waals surface area (Å²) in [5.41, 5.74) is -0.569. The lowest BCUT2D eigenvalue weighted by atomic mass is 10.2. The van der Waals surface area contributed by atoms with Gasteiger partial charge in [-0.3, -0.25) is 9.59 Å². The zero-order valence-corrected chi connectivity index (χ0v) is 17.7. The topological polar surface area (TPSA) is 81.4 Å². The van der Waals surface area contributed by atoms with E-state index in [9.17, 15) is 22.8 Å². The Morgan fingerprint density at radius 1 is 1.12 bits per heavy atom. The minimum atomic E-state index is -4.52. The summed E-state index contributed by atoms with van der Waals surface area (Å²) < 4.78 is 47.8. The Hall–Kier alpha value is -3.60. The number of halogens is 3. The van der Waals surface area contributed by atoms with Crippen LogP contribution in [0.1, 0.15) is 22.8 Å². The van der Waals surface area contributed by atoms with Crippen LogP contribution in [0.3, 0.4) is 0 Å². The number of hydrogen-bond acceptors (Lipinski definition) is 4. The summed E-state index contributed by atoms with van der Waals surface area (Å²) in [6.45, 7) is 3.35. The molecule has 1 aromatic carbocycles. The molecule has 0 radical (unpaired) electrons. The average Bonchev–Trinajstić information content (AvgIpc) is 3.48. The molecule has 3 aromatic rings. The first-order valence-electron chi connectivity index (χ1n) is 10.3. The number of morpholine rings is 1. The number of carbonyl (C=O) groups is 2. The van der Waals surface area contributed by atoms with Crippen molar-refractivity contribution in [2.45, 2.75) is 19.1 Å².